The van der Waals surface area contributed by atoms with Gasteiger partial charge in [-0.15, -0.1) is 0 Å². The Hall–Kier alpha value is -2.76. The number of nitrogens with zero attached hydrogens (tertiary/aromatic N) is 1. The number of hydrogen-bond donors (Lipinski definition) is 1. The molecule has 1 aromatic heterocycles. The number of esters is 1. The van der Waals surface area contributed by atoms with Crippen molar-refractivity contribution in [3.63, 3.8) is 0 Å². The van der Waals surface area contributed by atoms with Crippen LogP contribution < -0.4 is 9.47 Å². The molecule has 0 bridgehead atoms. The number of aromatic nitrogens is 2. The Kier molecular flexibility index (Phi) is 5.61. The first-order chi connectivity index (χ1) is 12.6. The average molecular weight is 356 g/mol. The van der Waals surface area contributed by atoms with Crippen LogP contribution in [0, 0.1) is 0 Å². The van der Waals surface area contributed by atoms with Gasteiger partial charge in [0.25, 0.3) is 0 Å². The maximum atomic E-state index is 12.1. The number of ether oxygens (including phenoxy) is 3. The Morgan fingerprint density at radius 3 is 2.77 bits per heavy atom. The van der Waals surface area contributed by atoms with E-state index < -0.39 is 5.97 Å². The smallest absolute Gasteiger partial charge is 0.341 e. The standard InChI is InChI=1S/C20H24N2O4/c1-4-25-20(23)16-12-21-22-19(16)13(2)14-9-10-17(24-3)18(11-14)26-15-7-5-6-8-15/h9-12,15H,2,4-8H2,1,3H3,(H,21,22). The zero-order chi connectivity index (χ0) is 18.5. The number of benzene rings is 1. The van der Waals surface area contributed by atoms with Crippen LogP contribution in [0.3, 0.4) is 0 Å². The molecule has 138 valence electrons. The number of hydrogen-bond acceptors (Lipinski definition) is 5. The minimum atomic E-state index is -0.423. The molecule has 1 aromatic carbocycles. The van der Waals surface area contributed by atoms with Crippen molar-refractivity contribution >= 4 is 11.5 Å². The van der Waals surface area contributed by atoms with Crippen LogP contribution in [-0.2, 0) is 4.74 Å². The number of rotatable bonds is 7. The van der Waals surface area contributed by atoms with Gasteiger partial charge in [0.05, 0.1) is 31.7 Å². The van der Waals surface area contributed by atoms with Crippen LogP contribution in [0.4, 0.5) is 0 Å². The molecule has 0 amide bonds. The summed E-state index contributed by atoms with van der Waals surface area (Å²) in [5, 5.41) is 6.81. The number of carbonyl (C=O) groups is 1. The molecule has 0 aliphatic heterocycles. The summed E-state index contributed by atoms with van der Waals surface area (Å²) in [6.07, 6.45) is 6.17. The van der Waals surface area contributed by atoms with Crippen molar-refractivity contribution in [3.05, 3.63) is 47.8 Å². The number of nitrogens with one attached hydrogen (secondary N) is 1. The second-order valence-electron chi connectivity index (χ2n) is 6.25. The highest BCUT2D eigenvalue weighted by atomic mass is 16.5. The molecule has 0 spiro atoms. The summed E-state index contributed by atoms with van der Waals surface area (Å²) in [5.74, 6) is 0.951. The van der Waals surface area contributed by atoms with Crippen LogP contribution in [-0.4, -0.2) is 36.0 Å². The minimum Gasteiger partial charge on any atom is -0.493 e. The molecule has 0 saturated heterocycles. The first kappa shape index (κ1) is 18.0. The predicted octanol–water partition coefficient (Wildman–Crippen LogP) is 3.98. The van der Waals surface area contributed by atoms with Crippen molar-refractivity contribution in [2.45, 2.75) is 38.7 Å². The third kappa shape index (κ3) is 3.74. The van der Waals surface area contributed by atoms with Gasteiger partial charge in [0.15, 0.2) is 11.5 Å². The van der Waals surface area contributed by atoms with Crippen molar-refractivity contribution in [2.75, 3.05) is 13.7 Å². The van der Waals surface area contributed by atoms with E-state index in [1.807, 2.05) is 18.2 Å². The quantitative estimate of drug-likeness (QED) is 0.760. The topological polar surface area (TPSA) is 73.4 Å². The van der Waals surface area contributed by atoms with Crippen molar-refractivity contribution in [1.82, 2.24) is 10.2 Å². The lowest BCUT2D eigenvalue weighted by Gasteiger charge is -2.17. The first-order valence-electron chi connectivity index (χ1n) is 8.88. The normalized spacial score (nSPS) is 14.2. The van der Waals surface area contributed by atoms with Gasteiger partial charge in [-0.05, 0) is 50.3 Å². The average Bonchev–Trinajstić information content (AvgIpc) is 3.33. The van der Waals surface area contributed by atoms with Crippen molar-refractivity contribution in [1.29, 1.82) is 0 Å². The second-order valence-corrected chi connectivity index (χ2v) is 6.25. The fourth-order valence-corrected chi connectivity index (χ4v) is 3.17. The van der Waals surface area contributed by atoms with Crippen LogP contribution in [0.25, 0.3) is 5.57 Å². The van der Waals surface area contributed by atoms with E-state index in [2.05, 4.69) is 16.8 Å². The lowest BCUT2D eigenvalue weighted by Crippen LogP contribution is -2.12. The van der Waals surface area contributed by atoms with E-state index in [1.165, 1.54) is 19.0 Å². The molecule has 1 aliphatic rings. The molecule has 0 radical (unpaired) electrons. The molecule has 1 heterocycles. The Bertz CT molecular complexity index is 791. The monoisotopic (exact) mass is 356 g/mol. The third-order valence-electron chi connectivity index (χ3n) is 4.54. The molecule has 0 atom stereocenters. The van der Waals surface area contributed by atoms with Gasteiger partial charge in [-0.1, -0.05) is 12.6 Å². The molecule has 1 aliphatic carbocycles. The summed E-state index contributed by atoms with van der Waals surface area (Å²) < 4.78 is 16.6. The largest absolute Gasteiger partial charge is 0.493 e. The molecule has 0 unspecified atom stereocenters. The van der Waals surface area contributed by atoms with Gasteiger partial charge in [0, 0.05) is 5.57 Å². The summed E-state index contributed by atoms with van der Waals surface area (Å²) in [4.78, 5) is 12.1. The third-order valence-corrected chi connectivity index (χ3v) is 4.54. The number of aromatic amines is 1. The van der Waals surface area contributed by atoms with Crippen molar-refractivity contribution in [2.24, 2.45) is 0 Å². The predicted molar refractivity (Wildman–Crippen MR) is 98.6 cm³/mol. The number of methoxy groups -OCH3 is 1. The van der Waals surface area contributed by atoms with Gasteiger partial charge < -0.3 is 14.2 Å². The Labute approximate surface area is 153 Å². The Balaban J connectivity index is 1.88. The zero-order valence-corrected chi connectivity index (χ0v) is 15.2. The first-order valence-corrected chi connectivity index (χ1v) is 8.88. The fraction of sp³-hybridized carbons (Fsp3) is 0.400. The second kappa shape index (κ2) is 8.08. The molecule has 1 N–H and O–H groups in total. The Morgan fingerprint density at radius 1 is 1.31 bits per heavy atom. The minimum absolute atomic E-state index is 0.217. The van der Waals surface area contributed by atoms with Gasteiger partial charge in [0.2, 0.25) is 0 Å². The molecular formula is C20H24N2O4. The highest BCUT2D eigenvalue weighted by Gasteiger charge is 2.21. The molecule has 26 heavy (non-hydrogen) atoms. The van der Waals surface area contributed by atoms with E-state index >= 15 is 0 Å². The lowest BCUT2D eigenvalue weighted by atomic mass is 10.0. The van der Waals surface area contributed by atoms with E-state index in [-0.39, 0.29) is 6.10 Å². The summed E-state index contributed by atoms with van der Waals surface area (Å²) in [5.41, 5.74) is 2.38. The van der Waals surface area contributed by atoms with E-state index in [1.54, 1.807) is 14.0 Å². The maximum absolute atomic E-state index is 12.1. The van der Waals surface area contributed by atoms with Gasteiger partial charge in [-0.25, -0.2) is 4.79 Å². The van der Waals surface area contributed by atoms with E-state index in [4.69, 9.17) is 14.2 Å². The van der Waals surface area contributed by atoms with Crippen LogP contribution in [0.5, 0.6) is 11.5 Å². The van der Waals surface area contributed by atoms with Crippen molar-refractivity contribution < 1.29 is 19.0 Å². The van der Waals surface area contributed by atoms with E-state index in [9.17, 15) is 4.79 Å². The summed E-state index contributed by atoms with van der Waals surface area (Å²) >= 11 is 0. The van der Waals surface area contributed by atoms with Gasteiger partial charge in [0.1, 0.15) is 5.56 Å². The SMILES string of the molecule is C=C(c1ccc(OC)c(OC2CCCC2)c1)c1[nH]ncc1C(=O)OCC. The van der Waals surface area contributed by atoms with Crippen LogP contribution in [0.2, 0.25) is 0 Å². The molecule has 6 heteroatoms. The maximum Gasteiger partial charge on any atom is 0.341 e. The molecular weight excluding hydrogens is 332 g/mol. The van der Waals surface area contributed by atoms with Gasteiger partial charge in [-0.3, -0.25) is 5.10 Å². The van der Waals surface area contributed by atoms with E-state index in [0.29, 0.717) is 34.9 Å². The molecule has 1 saturated carbocycles. The zero-order valence-electron chi connectivity index (χ0n) is 15.2. The van der Waals surface area contributed by atoms with Crippen LogP contribution >= 0.6 is 0 Å². The highest BCUT2D eigenvalue weighted by molar-refractivity contribution is 5.96. The van der Waals surface area contributed by atoms with Gasteiger partial charge >= 0.3 is 5.97 Å². The molecule has 3 rings (SSSR count). The highest BCUT2D eigenvalue weighted by Crippen LogP contribution is 2.35. The van der Waals surface area contributed by atoms with Gasteiger partial charge in [-0.2, -0.15) is 5.10 Å². The van der Waals surface area contributed by atoms with E-state index in [0.717, 1.165) is 18.4 Å². The summed E-state index contributed by atoms with van der Waals surface area (Å²) in [6.45, 7) is 6.19. The van der Waals surface area contributed by atoms with Crippen LogP contribution in [0.1, 0.15) is 54.2 Å². The van der Waals surface area contributed by atoms with Crippen molar-refractivity contribution in [3.8, 4) is 11.5 Å². The summed E-state index contributed by atoms with van der Waals surface area (Å²) in [6, 6.07) is 5.64. The molecule has 2 aromatic rings. The fourth-order valence-electron chi connectivity index (χ4n) is 3.17. The lowest BCUT2D eigenvalue weighted by molar-refractivity contribution is 0.0526. The summed E-state index contributed by atoms with van der Waals surface area (Å²) in [7, 11) is 1.62. The Morgan fingerprint density at radius 2 is 2.08 bits per heavy atom. The van der Waals surface area contributed by atoms with Crippen LogP contribution in [0.15, 0.2) is 31.0 Å². The molecule has 6 nitrogen and oxygen atoms in total. The molecule has 1 fully saturated rings. The number of carbonyl (C=O) groups excluding carboxylic acids is 1. The number of H-pyrrole nitrogens is 1.